The van der Waals surface area contributed by atoms with Gasteiger partial charge in [-0.15, -0.1) is 6.58 Å². The third-order valence-electron chi connectivity index (χ3n) is 2.20. The van der Waals surface area contributed by atoms with Gasteiger partial charge in [-0.3, -0.25) is 0 Å². The van der Waals surface area contributed by atoms with Crippen molar-refractivity contribution in [1.29, 1.82) is 0 Å². The second-order valence-corrected chi connectivity index (χ2v) is 3.72. The largest absolute Gasteiger partial charge is 0.477 e. The Hall–Kier alpha value is -1.53. The highest BCUT2D eigenvalue weighted by molar-refractivity contribution is 5.77. The van der Waals surface area contributed by atoms with Gasteiger partial charge in [-0.05, 0) is 0 Å². The van der Waals surface area contributed by atoms with Crippen LogP contribution in [0.3, 0.4) is 0 Å². The Morgan fingerprint density at radius 2 is 1.32 bits per heavy atom. The van der Waals surface area contributed by atoms with E-state index in [2.05, 4.69) is 11.3 Å². The summed E-state index contributed by atoms with van der Waals surface area (Å²) >= 11 is 0. The van der Waals surface area contributed by atoms with Gasteiger partial charge < -0.3 is 9.84 Å². The maximum Gasteiger partial charge on any atom is 0.426 e. The van der Waals surface area contributed by atoms with E-state index >= 15 is 0 Å². The van der Waals surface area contributed by atoms with Gasteiger partial charge in [-0.2, -0.15) is 43.9 Å². The molecule has 0 bridgehead atoms. The summed E-state index contributed by atoms with van der Waals surface area (Å²) in [5.74, 6) is -32.6. The lowest BCUT2D eigenvalue weighted by Gasteiger charge is -2.37. The summed E-state index contributed by atoms with van der Waals surface area (Å²) in [6.07, 6.45) is -5.96. The minimum absolute atomic E-state index is 0.353. The average Bonchev–Trinajstić information content (AvgIpc) is 2.35. The fraction of sp³-hybridized carbons (Fsp3) is 0.667. The van der Waals surface area contributed by atoms with Gasteiger partial charge in [0.05, 0.1) is 6.61 Å². The van der Waals surface area contributed by atoms with Crippen molar-refractivity contribution in [3.8, 4) is 0 Å². The van der Waals surface area contributed by atoms with Crippen molar-refractivity contribution in [2.45, 2.75) is 29.8 Å². The number of aliphatic carboxylic acids is 1. The molecule has 0 spiro atoms. The minimum atomic E-state index is -7.47. The van der Waals surface area contributed by atoms with Crippen LogP contribution in [0.2, 0.25) is 0 Å². The summed E-state index contributed by atoms with van der Waals surface area (Å²) in [6, 6.07) is 0. The molecule has 0 radical (unpaired) electrons. The van der Waals surface area contributed by atoms with Crippen LogP contribution < -0.4 is 0 Å². The predicted octanol–water partition coefficient (Wildman–Crippen LogP) is 3.41. The van der Waals surface area contributed by atoms with Crippen LogP contribution in [0.5, 0.6) is 0 Å². The van der Waals surface area contributed by atoms with Gasteiger partial charge in [0.25, 0.3) is 0 Å². The number of ether oxygens (including phenoxy) is 1. The van der Waals surface area contributed by atoms with Crippen LogP contribution in [0.15, 0.2) is 12.7 Å². The number of halogens is 10. The molecule has 0 saturated heterocycles. The number of hydrogen-bond donors (Lipinski definition) is 1. The Labute approximate surface area is 115 Å². The first kappa shape index (κ1) is 20.5. The number of carboxylic acids is 1. The molecule has 0 aromatic heterocycles. The van der Waals surface area contributed by atoms with E-state index in [0.29, 0.717) is 6.08 Å². The number of rotatable bonds is 8. The topological polar surface area (TPSA) is 46.5 Å². The van der Waals surface area contributed by atoms with Crippen LogP contribution >= 0.6 is 0 Å². The molecule has 130 valence electrons. The van der Waals surface area contributed by atoms with Crippen LogP contribution in [-0.2, 0) is 9.53 Å². The maximum atomic E-state index is 12.9. The molecule has 0 saturated carbocycles. The van der Waals surface area contributed by atoms with Crippen LogP contribution in [-0.4, -0.2) is 47.5 Å². The maximum absolute atomic E-state index is 12.9. The second-order valence-electron chi connectivity index (χ2n) is 3.72. The van der Waals surface area contributed by atoms with E-state index in [4.69, 9.17) is 5.11 Å². The van der Waals surface area contributed by atoms with Gasteiger partial charge in [0.1, 0.15) is 0 Å². The molecule has 1 N–H and O–H groups in total. The molecule has 0 aliphatic rings. The van der Waals surface area contributed by atoms with Crippen molar-refractivity contribution in [3.05, 3.63) is 12.7 Å². The second kappa shape index (κ2) is 5.59. The van der Waals surface area contributed by atoms with E-state index in [1.54, 1.807) is 0 Å². The molecule has 22 heavy (non-hydrogen) atoms. The number of carboxylic acid groups (broad SMARTS) is 1. The molecule has 13 heteroatoms. The monoisotopic (exact) mass is 352 g/mol. The SMILES string of the molecule is C=CCOC(F)(F)C(F)(F)C(F)(F)C(F)(F)C(F)(F)C(=O)O. The van der Waals surface area contributed by atoms with Crippen molar-refractivity contribution in [2.75, 3.05) is 6.61 Å². The molecule has 0 atom stereocenters. The van der Waals surface area contributed by atoms with E-state index in [0.717, 1.165) is 0 Å². The highest BCUT2D eigenvalue weighted by Gasteiger charge is 2.88. The number of carbonyl (C=O) groups is 1. The van der Waals surface area contributed by atoms with Crippen molar-refractivity contribution >= 4 is 5.97 Å². The summed E-state index contributed by atoms with van der Waals surface area (Å²) in [5.41, 5.74) is 0. The normalized spacial score (nSPS) is 14.8. The zero-order valence-electron chi connectivity index (χ0n) is 10.0. The van der Waals surface area contributed by atoms with Crippen molar-refractivity contribution in [2.24, 2.45) is 0 Å². The Morgan fingerprint density at radius 1 is 0.909 bits per heavy atom. The molecule has 0 aliphatic heterocycles. The minimum Gasteiger partial charge on any atom is -0.477 e. The fourth-order valence-corrected chi connectivity index (χ4v) is 0.966. The highest BCUT2D eigenvalue weighted by atomic mass is 19.4. The smallest absolute Gasteiger partial charge is 0.426 e. The van der Waals surface area contributed by atoms with Gasteiger partial charge >= 0.3 is 35.8 Å². The van der Waals surface area contributed by atoms with Crippen molar-refractivity contribution < 1.29 is 58.5 Å². The van der Waals surface area contributed by atoms with Gasteiger partial charge in [0.2, 0.25) is 0 Å². The highest BCUT2D eigenvalue weighted by Crippen LogP contribution is 2.57. The van der Waals surface area contributed by atoms with Gasteiger partial charge in [-0.25, -0.2) is 4.79 Å². The molecule has 0 aromatic carbocycles. The van der Waals surface area contributed by atoms with Crippen molar-refractivity contribution in [3.63, 3.8) is 0 Å². The van der Waals surface area contributed by atoms with Gasteiger partial charge in [0, 0.05) is 0 Å². The Morgan fingerprint density at radius 3 is 1.64 bits per heavy atom. The molecule has 0 heterocycles. The predicted molar refractivity (Wildman–Crippen MR) is 48.5 cm³/mol. The lowest BCUT2D eigenvalue weighted by Crippen LogP contribution is -2.69. The first-order valence-electron chi connectivity index (χ1n) is 4.88. The van der Waals surface area contributed by atoms with Crippen LogP contribution in [0.4, 0.5) is 43.9 Å². The zero-order chi connectivity index (χ0) is 18.2. The molecule has 0 rings (SSSR count). The first-order chi connectivity index (χ1) is 9.50. The standard InChI is InChI=1S/C9H6F10O3/c1-2-3-22-9(18,19)8(16,17)7(14,15)6(12,13)5(10,11)4(20)21/h2H,1,3H2,(H,20,21). The van der Waals surface area contributed by atoms with Crippen molar-refractivity contribution in [1.82, 2.24) is 0 Å². The average molecular weight is 352 g/mol. The molecular formula is C9H6F10O3. The van der Waals surface area contributed by atoms with Crippen LogP contribution in [0, 0.1) is 0 Å². The third-order valence-corrected chi connectivity index (χ3v) is 2.20. The van der Waals surface area contributed by atoms with E-state index in [-0.39, 0.29) is 0 Å². The van der Waals surface area contributed by atoms with Gasteiger partial charge in [0.15, 0.2) is 0 Å². The molecule has 0 fully saturated rings. The third kappa shape index (κ3) is 2.73. The summed E-state index contributed by atoms with van der Waals surface area (Å²) in [7, 11) is 0. The number of alkyl halides is 10. The molecule has 0 aromatic rings. The molecular weight excluding hydrogens is 346 g/mol. The Bertz CT molecular complexity index is 445. The zero-order valence-corrected chi connectivity index (χ0v) is 10.0. The molecule has 0 unspecified atom stereocenters. The first-order valence-corrected chi connectivity index (χ1v) is 4.88. The molecule has 0 amide bonds. The molecule has 3 nitrogen and oxygen atoms in total. The lowest BCUT2D eigenvalue weighted by molar-refractivity contribution is -0.440. The number of hydrogen-bond acceptors (Lipinski definition) is 2. The van der Waals surface area contributed by atoms with E-state index in [1.165, 1.54) is 0 Å². The van der Waals surface area contributed by atoms with E-state index < -0.39 is 42.4 Å². The van der Waals surface area contributed by atoms with Crippen LogP contribution in [0.1, 0.15) is 0 Å². The van der Waals surface area contributed by atoms with Gasteiger partial charge in [-0.1, -0.05) is 6.08 Å². The van der Waals surface area contributed by atoms with Crippen LogP contribution in [0.25, 0.3) is 0 Å². The fourth-order valence-electron chi connectivity index (χ4n) is 0.966. The summed E-state index contributed by atoms with van der Waals surface area (Å²) in [6.45, 7) is 1.17. The Balaban J connectivity index is 5.98. The summed E-state index contributed by atoms with van der Waals surface area (Å²) in [5, 5.41) is 7.71. The quantitative estimate of drug-likeness (QED) is 0.538. The summed E-state index contributed by atoms with van der Waals surface area (Å²) < 4.78 is 131. The van der Waals surface area contributed by atoms with E-state index in [9.17, 15) is 48.7 Å². The van der Waals surface area contributed by atoms with E-state index in [1.807, 2.05) is 0 Å². The lowest BCUT2D eigenvalue weighted by atomic mass is 9.98. The Kier molecular flexibility index (Phi) is 5.20. The molecule has 0 aliphatic carbocycles. The summed E-state index contributed by atoms with van der Waals surface area (Å²) in [4.78, 5) is 9.82.